The third-order valence-electron chi connectivity index (χ3n) is 4.82. The van der Waals surface area contributed by atoms with Crippen LogP contribution < -0.4 is 19.3 Å². The molecule has 29 heavy (non-hydrogen) atoms. The Morgan fingerprint density at radius 1 is 1.07 bits per heavy atom. The molecule has 0 radical (unpaired) electrons. The summed E-state index contributed by atoms with van der Waals surface area (Å²) in [6.07, 6.45) is 3.40. The van der Waals surface area contributed by atoms with Gasteiger partial charge in [0.15, 0.2) is 0 Å². The number of methoxy groups -OCH3 is 2. The first-order valence-electron chi connectivity index (χ1n) is 9.33. The SMILES string of the molecule is COc1ccc(N(CC(=O)N2CCN(c3ncccn3)CC2)C(C)=O)c(OC)c1. The molecule has 0 atom stereocenters. The van der Waals surface area contributed by atoms with Crippen molar-refractivity contribution in [3.8, 4) is 11.5 Å². The quantitative estimate of drug-likeness (QED) is 0.721. The molecule has 1 aromatic carbocycles. The van der Waals surface area contributed by atoms with Crippen molar-refractivity contribution >= 4 is 23.5 Å². The second-order valence-corrected chi connectivity index (χ2v) is 6.56. The van der Waals surface area contributed by atoms with Gasteiger partial charge in [-0.05, 0) is 18.2 Å². The molecule has 1 saturated heterocycles. The summed E-state index contributed by atoms with van der Waals surface area (Å²) >= 11 is 0. The Morgan fingerprint density at radius 2 is 1.76 bits per heavy atom. The Kier molecular flexibility index (Phi) is 6.48. The number of aromatic nitrogens is 2. The third-order valence-corrected chi connectivity index (χ3v) is 4.82. The van der Waals surface area contributed by atoms with E-state index in [9.17, 15) is 9.59 Å². The lowest BCUT2D eigenvalue weighted by atomic mass is 10.2. The number of piperazine rings is 1. The van der Waals surface area contributed by atoms with E-state index in [1.807, 2.05) is 4.90 Å². The molecule has 1 aliphatic heterocycles. The maximum Gasteiger partial charge on any atom is 0.242 e. The van der Waals surface area contributed by atoms with Gasteiger partial charge in [0.1, 0.15) is 18.0 Å². The lowest BCUT2D eigenvalue weighted by Gasteiger charge is -2.35. The summed E-state index contributed by atoms with van der Waals surface area (Å²) in [5, 5.41) is 0. The maximum atomic E-state index is 12.9. The van der Waals surface area contributed by atoms with Crippen LogP contribution in [0.4, 0.5) is 11.6 Å². The fraction of sp³-hybridized carbons (Fsp3) is 0.400. The summed E-state index contributed by atoms with van der Waals surface area (Å²) in [4.78, 5) is 38.9. The van der Waals surface area contributed by atoms with Gasteiger partial charge in [-0.15, -0.1) is 0 Å². The number of hydrogen-bond donors (Lipinski definition) is 0. The Hall–Kier alpha value is -3.36. The predicted octanol–water partition coefficient (Wildman–Crippen LogP) is 1.20. The van der Waals surface area contributed by atoms with Gasteiger partial charge in [0.2, 0.25) is 17.8 Å². The van der Waals surface area contributed by atoms with E-state index in [1.54, 1.807) is 48.7 Å². The summed E-state index contributed by atoms with van der Waals surface area (Å²) in [6, 6.07) is 6.91. The van der Waals surface area contributed by atoms with E-state index in [-0.39, 0.29) is 18.4 Å². The minimum Gasteiger partial charge on any atom is -0.497 e. The average Bonchev–Trinajstić information content (AvgIpc) is 2.77. The molecule has 2 amide bonds. The molecule has 0 saturated carbocycles. The first-order valence-corrected chi connectivity index (χ1v) is 9.33. The van der Waals surface area contributed by atoms with Crippen molar-refractivity contribution in [3.63, 3.8) is 0 Å². The highest BCUT2D eigenvalue weighted by Crippen LogP contribution is 2.32. The first kappa shape index (κ1) is 20.4. The molecule has 1 fully saturated rings. The van der Waals surface area contributed by atoms with Crippen molar-refractivity contribution in [2.24, 2.45) is 0 Å². The molecule has 0 spiro atoms. The predicted molar refractivity (Wildman–Crippen MR) is 108 cm³/mol. The highest BCUT2D eigenvalue weighted by molar-refractivity contribution is 5.98. The van der Waals surface area contributed by atoms with Crippen LogP contribution in [0.3, 0.4) is 0 Å². The van der Waals surface area contributed by atoms with Crippen molar-refractivity contribution < 1.29 is 19.1 Å². The van der Waals surface area contributed by atoms with Crippen molar-refractivity contribution in [2.75, 3.05) is 56.7 Å². The van der Waals surface area contributed by atoms with Crippen LogP contribution in [-0.2, 0) is 9.59 Å². The number of nitrogens with zero attached hydrogens (tertiary/aromatic N) is 5. The highest BCUT2D eigenvalue weighted by atomic mass is 16.5. The minimum atomic E-state index is -0.238. The smallest absolute Gasteiger partial charge is 0.242 e. The lowest BCUT2D eigenvalue weighted by molar-refractivity contribution is -0.131. The van der Waals surface area contributed by atoms with Crippen LogP contribution in [-0.4, -0.2) is 73.6 Å². The van der Waals surface area contributed by atoms with Crippen LogP contribution in [0, 0.1) is 0 Å². The fourth-order valence-electron chi connectivity index (χ4n) is 3.22. The third kappa shape index (κ3) is 4.74. The molecule has 154 valence electrons. The minimum absolute atomic E-state index is 0.0557. The van der Waals surface area contributed by atoms with E-state index >= 15 is 0 Å². The van der Waals surface area contributed by atoms with Gasteiger partial charge in [0, 0.05) is 51.6 Å². The monoisotopic (exact) mass is 399 g/mol. The van der Waals surface area contributed by atoms with Gasteiger partial charge >= 0.3 is 0 Å². The van der Waals surface area contributed by atoms with Crippen LogP contribution in [0.25, 0.3) is 0 Å². The zero-order chi connectivity index (χ0) is 20.8. The molecule has 0 N–H and O–H groups in total. The van der Waals surface area contributed by atoms with Crippen LogP contribution in [0.15, 0.2) is 36.7 Å². The number of rotatable bonds is 6. The maximum absolute atomic E-state index is 12.9. The number of amides is 2. The van der Waals surface area contributed by atoms with Crippen LogP contribution in [0.5, 0.6) is 11.5 Å². The van der Waals surface area contributed by atoms with Crippen LogP contribution in [0.2, 0.25) is 0 Å². The molecular formula is C20H25N5O4. The number of ether oxygens (including phenoxy) is 2. The van der Waals surface area contributed by atoms with Crippen molar-refractivity contribution in [2.45, 2.75) is 6.92 Å². The van der Waals surface area contributed by atoms with Crippen molar-refractivity contribution in [1.82, 2.24) is 14.9 Å². The molecule has 2 heterocycles. The van der Waals surface area contributed by atoms with Gasteiger partial charge in [-0.3, -0.25) is 14.5 Å². The first-order chi connectivity index (χ1) is 14.0. The number of hydrogen-bond acceptors (Lipinski definition) is 7. The Balaban J connectivity index is 1.67. The lowest BCUT2D eigenvalue weighted by Crippen LogP contribution is -2.52. The molecule has 1 aromatic heterocycles. The van der Waals surface area contributed by atoms with E-state index in [4.69, 9.17) is 9.47 Å². The topological polar surface area (TPSA) is 88.1 Å². The van der Waals surface area contributed by atoms with E-state index < -0.39 is 0 Å². The molecule has 0 bridgehead atoms. The summed E-state index contributed by atoms with van der Waals surface area (Å²) < 4.78 is 10.6. The average molecular weight is 399 g/mol. The van der Waals surface area contributed by atoms with E-state index in [0.29, 0.717) is 49.3 Å². The summed E-state index contributed by atoms with van der Waals surface area (Å²) in [5.74, 6) is 1.39. The zero-order valence-electron chi connectivity index (χ0n) is 16.9. The molecule has 9 nitrogen and oxygen atoms in total. The van der Waals surface area contributed by atoms with E-state index in [2.05, 4.69) is 9.97 Å². The molecule has 0 aliphatic carbocycles. The van der Waals surface area contributed by atoms with Gasteiger partial charge in [-0.25, -0.2) is 9.97 Å². The number of anilines is 2. The number of carbonyl (C=O) groups is 2. The van der Waals surface area contributed by atoms with Gasteiger partial charge in [-0.2, -0.15) is 0 Å². The second kappa shape index (κ2) is 9.22. The van der Waals surface area contributed by atoms with Gasteiger partial charge < -0.3 is 19.3 Å². The largest absolute Gasteiger partial charge is 0.497 e. The van der Waals surface area contributed by atoms with E-state index in [0.717, 1.165) is 0 Å². The van der Waals surface area contributed by atoms with Gasteiger partial charge in [-0.1, -0.05) is 0 Å². The normalized spacial score (nSPS) is 13.8. The summed E-state index contributed by atoms with van der Waals surface area (Å²) in [6.45, 7) is 3.75. The van der Waals surface area contributed by atoms with Crippen LogP contribution >= 0.6 is 0 Å². The molecule has 9 heteroatoms. The molecule has 2 aromatic rings. The summed E-state index contributed by atoms with van der Waals surface area (Å²) in [5.41, 5.74) is 0.533. The summed E-state index contributed by atoms with van der Waals surface area (Å²) in [7, 11) is 3.07. The zero-order valence-corrected chi connectivity index (χ0v) is 16.9. The van der Waals surface area contributed by atoms with Gasteiger partial charge in [0.25, 0.3) is 0 Å². The number of benzene rings is 1. The Bertz CT molecular complexity index is 853. The second-order valence-electron chi connectivity index (χ2n) is 6.56. The molecule has 0 unspecified atom stereocenters. The molecule has 3 rings (SSSR count). The molecular weight excluding hydrogens is 374 g/mol. The van der Waals surface area contributed by atoms with Crippen molar-refractivity contribution in [3.05, 3.63) is 36.7 Å². The number of carbonyl (C=O) groups excluding carboxylic acids is 2. The van der Waals surface area contributed by atoms with E-state index in [1.165, 1.54) is 18.9 Å². The molecule has 1 aliphatic rings. The van der Waals surface area contributed by atoms with Gasteiger partial charge in [0.05, 0.1) is 19.9 Å². The Labute approximate surface area is 169 Å². The Morgan fingerprint density at radius 3 is 2.34 bits per heavy atom. The van der Waals surface area contributed by atoms with Crippen LogP contribution in [0.1, 0.15) is 6.92 Å². The standard InChI is InChI=1S/C20H25N5O4/c1-15(26)25(17-6-5-16(28-2)13-18(17)29-3)14-19(27)23-9-11-24(12-10-23)20-21-7-4-8-22-20/h4-8,13H,9-12,14H2,1-3H3. The highest BCUT2D eigenvalue weighted by Gasteiger charge is 2.26. The van der Waals surface area contributed by atoms with Crippen molar-refractivity contribution in [1.29, 1.82) is 0 Å². The fourth-order valence-corrected chi connectivity index (χ4v) is 3.22.